The smallest absolute Gasteiger partial charge is 0.271 e. The van der Waals surface area contributed by atoms with Crippen LogP contribution in [0.25, 0.3) is 4.96 Å². The van der Waals surface area contributed by atoms with Gasteiger partial charge in [0.25, 0.3) is 11.5 Å². The predicted molar refractivity (Wildman–Crippen MR) is 78.4 cm³/mol. The standard InChI is InChI=1S/C14H8N4O2S/c15-7-9-2-1-3-10(6-9)17-12(19)11-8-16-14-18(13(11)20)4-5-21-14/h1-6,8H,(H,17,19). The first-order chi connectivity index (χ1) is 10.2. The molecule has 2 aromatic heterocycles. The molecular formula is C14H8N4O2S. The topological polar surface area (TPSA) is 87.3 Å². The Kier molecular flexibility index (Phi) is 3.22. The lowest BCUT2D eigenvalue weighted by Crippen LogP contribution is -2.25. The zero-order valence-corrected chi connectivity index (χ0v) is 11.4. The minimum atomic E-state index is -0.553. The van der Waals surface area contributed by atoms with Crippen molar-refractivity contribution in [3.8, 4) is 6.07 Å². The Bertz CT molecular complexity index is 936. The number of nitrogens with one attached hydrogen (secondary N) is 1. The Morgan fingerprint density at radius 1 is 1.43 bits per heavy atom. The second kappa shape index (κ2) is 5.19. The number of fused-ring (bicyclic) bond motifs is 1. The summed E-state index contributed by atoms with van der Waals surface area (Å²) in [5.74, 6) is -0.553. The van der Waals surface area contributed by atoms with Gasteiger partial charge in [0, 0.05) is 23.5 Å². The van der Waals surface area contributed by atoms with Crippen LogP contribution in [0.4, 0.5) is 5.69 Å². The third-order valence-corrected chi connectivity index (χ3v) is 3.61. The third-order valence-electron chi connectivity index (χ3n) is 2.84. The van der Waals surface area contributed by atoms with Crippen molar-refractivity contribution in [2.75, 3.05) is 5.32 Å². The van der Waals surface area contributed by atoms with Crippen LogP contribution in [0.2, 0.25) is 0 Å². The van der Waals surface area contributed by atoms with Crippen LogP contribution in [-0.2, 0) is 0 Å². The number of nitriles is 1. The molecular weight excluding hydrogens is 288 g/mol. The maximum atomic E-state index is 12.2. The molecule has 0 unspecified atom stereocenters. The van der Waals surface area contributed by atoms with E-state index < -0.39 is 11.5 Å². The number of benzene rings is 1. The molecule has 0 saturated carbocycles. The molecule has 0 aliphatic rings. The van der Waals surface area contributed by atoms with Crippen molar-refractivity contribution in [2.24, 2.45) is 0 Å². The van der Waals surface area contributed by atoms with Gasteiger partial charge in [0.05, 0.1) is 11.6 Å². The van der Waals surface area contributed by atoms with Gasteiger partial charge in [0.2, 0.25) is 0 Å². The molecule has 0 atom stereocenters. The Morgan fingerprint density at radius 2 is 2.29 bits per heavy atom. The average molecular weight is 296 g/mol. The van der Waals surface area contributed by atoms with E-state index in [0.29, 0.717) is 16.2 Å². The monoisotopic (exact) mass is 296 g/mol. The van der Waals surface area contributed by atoms with Gasteiger partial charge in [-0.05, 0) is 18.2 Å². The van der Waals surface area contributed by atoms with Crippen LogP contribution < -0.4 is 10.9 Å². The van der Waals surface area contributed by atoms with Gasteiger partial charge in [-0.1, -0.05) is 6.07 Å². The molecule has 1 N–H and O–H groups in total. The fourth-order valence-electron chi connectivity index (χ4n) is 1.85. The maximum absolute atomic E-state index is 12.2. The van der Waals surface area contributed by atoms with E-state index in [1.165, 1.54) is 28.0 Å². The van der Waals surface area contributed by atoms with Crippen LogP contribution in [0.1, 0.15) is 15.9 Å². The summed E-state index contributed by atoms with van der Waals surface area (Å²) < 4.78 is 1.32. The van der Waals surface area contributed by atoms with E-state index in [1.807, 2.05) is 6.07 Å². The molecule has 0 radical (unpaired) electrons. The molecule has 21 heavy (non-hydrogen) atoms. The van der Waals surface area contributed by atoms with E-state index in [-0.39, 0.29) is 5.56 Å². The molecule has 3 rings (SSSR count). The quantitative estimate of drug-likeness (QED) is 0.782. The van der Waals surface area contributed by atoms with E-state index in [1.54, 1.807) is 29.8 Å². The highest BCUT2D eigenvalue weighted by Gasteiger charge is 2.14. The number of carbonyl (C=O) groups is 1. The largest absolute Gasteiger partial charge is 0.322 e. The second-order valence-electron chi connectivity index (χ2n) is 4.18. The Labute approximate surface area is 122 Å². The SMILES string of the molecule is N#Cc1cccc(NC(=O)c2cnc3sccn3c2=O)c1. The molecule has 1 amide bonds. The number of anilines is 1. The lowest BCUT2D eigenvalue weighted by atomic mass is 10.2. The van der Waals surface area contributed by atoms with Crippen molar-refractivity contribution in [1.82, 2.24) is 9.38 Å². The van der Waals surface area contributed by atoms with Crippen LogP contribution in [0.15, 0.2) is 46.8 Å². The summed E-state index contributed by atoms with van der Waals surface area (Å²) in [7, 11) is 0. The molecule has 2 heterocycles. The zero-order chi connectivity index (χ0) is 14.8. The zero-order valence-electron chi connectivity index (χ0n) is 10.6. The molecule has 0 fully saturated rings. The van der Waals surface area contributed by atoms with Gasteiger partial charge < -0.3 is 5.32 Å². The first-order valence-electron chi connectivity index (χ1n) is 5.95. The number of aromatic nitrogens is 2. The Balaban J connectivity index is 1.95. The van der Waals surface area contributed by atoms with Crippen LogP contribution in [0.3, 0.4) is 0 Å². The van der Waals surface area contributed by atoms with Gasteiger partial charge in [-0.15, -0.1) is 11.3 Å². The van der Waals surface area contributed by atoms with Gasteiger partial charge in [-0.2, -0.15) is 5.26 Å². The highest BCUT2D eigenvalue weighted by atomic mass is 32.1. The molecule has 1 aromatic carbocycles. The number of carbonyl (C=O) groups excluding carboxylic acids is 1. The maximum Gasteiger partial charge on any atom is 0.271 e. The fourth-order valence-corrected chi connectivity index (χ4v) is 2.52. The van der Waals surface area contributed by atoms with Crippen molar-refractivity contribution in [3.63, 3.8) is 0 Å². The van der Waals surface area contributed by atoms with Crippen LogP contribution >= 0.6 is 11.3 Å². The summed E-state index contributed by atoms with van der Waals surface area (Å²) in [6.07, 6.45) is 2.83. The third kappa shape index (κ3) is 2.40. The molecule has 0 aliphatic heterocycles. The average Bonchev–Trinajstić information content (AvgIpc) is 2.97. The van der Waals surface area contributed by atoms with Gasteiger partial charge in [-0.25, -0.2) is 4.98 Å². The minimum absolute atomic E-state index is 0.0479. The summed E-state index contributed by atoms with van der Waals surface area (Å²) in [6.45, 7) is 0. The summed E-state index contributed by atoms with van der Waals surface area (Å²) >= 11 is 1.31. The van der Waals surface area contributed by atoms with Crippen LogP contribution in [0, 0.1) is 11.3 Å². The normalized spacial score (nSPS) is 10.2. The fraction of sp³-hybridized carbons (Fsp3) is 0. The molecule has 102 valence electrons. The molecule has 6 nitrogen and oxygen atoms in total. The van der Waals surface area contributed by atoms with E-state index >= 15 is 0 Å². The number of rotatable bonds is 2. The Morgan fingerprint density at radius 3 is 3.10 bits per heavy atom. The van der Waals surface area contributed by atoms with Crippen molar-refractivity contribution in [2.45, 2.75) is 0 Å². The van der Waals surface area contributed by atoms with Crippen molar-refractivity contribution < 1.29 is 4.79 Å². The number of hydrogen-bond donors (Lipinski definition) is 1. The second-order valence-corrected chi connectivity index (χ2v) is 5.05. The van der Waals surface area contributed by atoms with Crippen molar-refractivity contribution in [3.05, 3.63) is 63.5 Å². The van der Waals surface area contributed by atoms with Gasteiger partial charge in [0.15, 0.2) is 4.96 Å². The van der Waals surface area contributed by atoms with Crippen molar-refractivity contribution in [1.29, 1.82) is 5.26 Å². The van der Waals surface area contributed by atoms with E-state index in [0.717, 1.165) is 0 Å². The highest BCUT2D eigenvalue weighted by molar-refractivity contribution is 7.15. The van der Waals surface area contributed by atoms with E-state index in [4.69, 9.17) is 5.26 Å². The minimum Gasteiger partial charge on any atom is -0.322 e. The summed E-state index contributed by atoms with van der Waals surface area (Å²) in [6, 6.07) is 8.45. The molecule has 7 heteroatoms. The Hall–Kier alpha value is -2.98. The van der Waals surface area contributed by atoms with Crippen LogP contribution in [0.5, 0.6) is 0 Å². The molecule has 0 saturated heterocycles. The number of nitrogens with zero attached hydrogens (tertiary/aromatic N) is 3. The molecule has 0 aliphatic carbocycles. The highest BCUT2D eigenvalue weighted by Crippen LogP contribution is 2.11. The number of thiazole rings is 1. The molecule has 0 bridgehead atoms. The van der Waals surface area contributed by atoms with E-state index in [2.05, 4.69) is 10.3 Å². The van der Waals surface area contributed by atoms with Gasteiger partial charge >= 0.3 is 0 Å². The van der Waals surface area contributed by atoms with Crippen molar-refractivity contribution >= 4 is 27.9 Å². The predicted octanol–water partition coefficient (Wildman–Crippen LogP) is 1.88. The summed E-state index contributed by atoms with van der Waals surface area (Å²) in [5, 5.41) is 13.1. The van der Waals surface area contributed by atoms with Gasteiger partial charge in [-0.3, -0.25) is 14.0 Å². The lowest BCUT2D eigenvalue weighted by Gasteiger charge is -2.05. The molecule has 0 spiro atoms. The molecule has 3 aromatic rings. The van der Waals surface area contributed by atoms with Gasteiger partial charge in [0.1, 0.15) is 5.56 Å². The number of amides is 1. The van der Waals surface area contributed by atoms with Crippen LogP contribution in [-0.4, -0.2) is 15.3 Å². The first-order valence-corrected chi connectivity index (χ1v) is 6.83. The lowest BCUT2D eigenvalue weighted by molar-refractivity contribution is 0.102. The van der Waals surface area contributed by atoms with E-state index in [9.17, 15) is 9.59 Å². The first kappa shape index (κ1) is 13.0. The summed E-state index contributed by atoms with van der Waals surface area (Å²) in [5.41, 5.74) is 0.410. The number of hydrogen-bond acceptors (Lipinski definition) is 5. The summed E-state index contributed by atoms with van der Waals surface area (Å²) in [4.78, 5) is 28.9.